The predicted molar refractivity (Wildman–Crippen MR) is 105 cm³/mol. The van der Waals surface area contributed by atoms with E-state index in [2.05, 4.69) is 15.0 Å². The maximum atomic E-state index is 12.5. The van der Waals surface area contributed by atoms with E-state index in [0.717, 1.165) is 37.0 Å². The molecule has 9 heteroatoms. The van der Waals surface area contributed by atoms with Gasteiger partial charge in [-0.2, -0.15) is 0 Å². The van der Waals surface area contributed by atoms with Crippen LogP contribution < -0.4 is 14.8 Å². The first-order valence-corrected chi connectivity index (χ1v) is 11.1. The molecule has 1 heterocycles. The molecule has 146 valence electrons. The van der Waals surface area contributed by atoms with Crippen molar-refractivity contribution in [1.82, 2.24) is 10.3 Å². The largest absolute Gasteiger partial charge is 0.497 e. The number of carbonyl (C=O) groups excluding carboxylic acids is 1. The maximum absolute atomic E-state index is 12.5. The molecule has 2 aromatic rings. The van der Waals surface area contributed by atoms with Gasteiger partial charge in [0.05, 0.1) is 17.7 Å². The van der Waals surface area contributed by atoms with Gasteiger partial charge in [0.15, 0.2) is 5.13 Å². The number of nitrogens with one attached hydrogen (secondary N) is 2. The number of methoxy groups -OCH3 is 1. The molecule has 1 saturated carbocycles. The molecule has 1 aromatic heterocycles. The molecular weight excluding hydrogens is 386 g/mol. The predicted octanol–water partition coefficient (Wildman–Crippen LogP) is 3.32. The second-order valence-electron chi connectivity index (χ2n) is 6.52. The van der Waals surface area contributed by atoms with Crippen LogP contribution in [0.1, 0.15) is 47.5 Å². The molecule has 3 rings (SSSR count). The van der Waals surface area contributed by atoms with E-state index in [-0.39, 0.29) is 22.0 Å². The fraction of sp³-hybridized carbons (Fsp3) is 0.444. The summed E-state index contributed by atoms with van der Waals surface area (Å²) in [5.74, 6) is 0.382. The SMILES string of the molecule is COc1ccc(S(=O)(=O)Nc2nc(C)c(C(=O)NC3CCCCC3)s2)cc1. The number of nitrogens with zero attached hydrogens (tertiary/aromatic N) is 1. The van der Waals surface area contributed by atoms with Gasteiger partial charge in [-0.3, -0.25) is 9.52 Å². The lowest BCUT2D eigenvalue weighted by Crippen LogP contribution is -2.36. The monoisotopic (exact) mass is 409 g/mol. The highest BCUT2D eigenvalue weighted by Crippen LogP contribution is 2.26. The number of thiazole rings is 1. The van der Waals surface area contributed by atoms with Crippen molar-refractivity contribution >= 4 is 32.4 Å². The van der Waals surface area contributed by atoms with E-state index in [1.807, 2.05) is 0 Å². The number of carbonyl (C=O) groups is 1. The summed E-state index contributed by atoms with van der Waals surface area (Å²) in [5, 5.41) is 3.21. The summed E-state index contributed by atoms with van der Waals surface area (Å²) in [5.41, 5.74) is 0.515. The molecule has 0 radical (unpaired) electrons. The summed E-state index contributed by atoms with van der Waals surface area (Å²) in [6.07, 6.45) is 5.43. The molecule has 1 aliphatic rings. The van der Waals surface area contributed by atoms with Gasteiger partial charge in [-0.25, -0.2) is 13.4 Å². The molecule has 1 fully saturated rings. The quantitative estimate of drug-likeness (QED) is 0.763. The number of benzene rings is 1. The van der Waals surface area contributed by atoms with E-state index >= 15 is 0 Å². The molecular formula is C18H23N3O4S2. The van der Waals surface area contributed by atoms with Crippen LogP contribution in [-0.2, 0) is 10.0 Å². The Bertz CT molecular complexity index is 901. The van der Waals surface area contributed by atoms with Crippen molar-refractivity contribution in [3.63, 3.8) is 0 Å². The van der Waals surface area contributed by atoms with Gasteiger partial charge in [0, 0.05) is 6.04 Å². The number of hydrogen-bond acceptors (Lipinski definition) is 6. The molecule has 1 aromatic carbocycles. The van der Waals surface area contributed by atoms with Gasteiger partial charge in [-0.1, -0.05) is 30.6 Å². The second kappa shape index (κ2) is 8.26. The van der Waals surface area contributed by atoms with Crippen LogP contribution in [0.15, 0.2) is 29.2 Å². The Kier molecular flexibility index (Phi) is 6.01. The van der Waals surface area contributed by atoms with E-state index in [1.165, 1.54) is 25.7 Å². The minimum Gasteiger partial charge on any atom is -0.497 e. The highest BCUT2D eigenvalue weighted by atomic mass is 32.2. The summed E-state index contributed by atoms with van der Waals surface area (Å²) in [6, 6.07) is 6.25. The molecule has 0 bridgehead atoms. The van der Waals surface area contributed by atoms with Gasteiger partial charge in [0.25, 0.3) is 15.9 Å². The standard InChI is InChI=1S/C18H23N3O4S2/c1-12-16(17(22)20-13-6-4-3-5-7-13)26-18(19-12)21-27(23,24)15-10-8-14(25-2)9-11-15/h8-11,13H,3-7H2,1-2H3,(H,19,21)(H,20,22). The topological polar surface area (TPSA) is 97.4 Å². The summed E-state index contributed by atoms with van der Waals surface area (Å²) in [4.78, 5) is 17.3. The van der Waals surface area contributed by atoms with Crippen LogP contribution >= 0.6 is 11.3 Å². The van der Waals surface area contributed by atoms with Crippen molar-refractivity contribution in [3.05, 3.63) is 34.8 Å². The maximum Gasteiger partial charge on any atom is 0.263 e. The Balaban J connectivity index is 1.72. The fourth-order valence-electron chi connectivity index (χ4n) is 3.08. The van der Waals surface area contributed by atoms with Gasteiger partial charge in [0.2, 0.25) is 0 Å². The van der Waals surface area contributed by atoms with Gasteiger partial charge in [-0.15, -0.1) is 0 Å². The van der Waals surface area contributed by atoms with E-state index in [1.54, 1.807) is 19.1 Å². The van der Waals surface area contributed by atoms with Crippen molar-refractivity contribution in [2.24, 2.45) is 0 Å². The second-order valence-corrected chi connectivity index (χ2v) is 9.20. The Hall–Kier alpha value is -2.13. The van der Waals surface area contributed by atoms with Crippen LogP contribution in [-0.4, -0.2) is 32.5 Å². The summed E-state index contributed by atoms with van der Waals surface area (Å²) >= 11 is 1.05. The smallest absolute Gasteiger partial charge is 0.263 e. The normalized spacial score (nSPS) is 15.3. The molecule has 0 aliphatic heterocycles. The number of hydrogen-bond donors (Lipinski definition) is 2. The zero-order valence-corrected chi connectivity index (χ0v) is 17.0. The highest BCUT2D eigenvalue weighted by molar-refractivity contribution is 7.93. The first kappa shape index (κ1) is 19.6. The number of rotatable bonds is 6. The molecule has 0 saturated heterocycles. The van der Waals surface area contributed by atoms with Crippen molar-refractivity contribution in [3.8, 4) is 5.75 Å². The van der Waals surface area contributed by atoms with Crippen LogP contribution in [0.5, 0.6) is 5.75 Å². The Morgan fingerprint density at radius 2 is 1.85 bits per heavy atom. The van der Waals surface area contributed by atoms with Crippen LogP contribution in [0.4, 0.5) is 5.13 Å². The average molecular weight is 410 g/mol. The van der Waals surface area contributed by atoms with Crippen LogP contribution in [0, 0.1) is 6.92 Å². The number of amides is 1. The zero-order chi connectivity index (χ0) is 19.4. The fourth-order valence-corrected chi connectivity index (χ4v) is 5.18. The van der Waals surface area contributed by atoms with E-state index < -0.39 is 10.0 Å². The highest BCUT2D eigenvalue weighted by Gasteiger charge is 2.22. The number of sulfonamides is 1. The van der Waals surface area contributed by atoms with Crippen molar-refractivity contribution < 1.29 is 17.9 Å². The molecule has 0 unspecified atom stereocenters. The average Bonchev–Trinajstić information content (AvgIpc) is 3.02. The lowest BCUT2D eigenvalue weighted by molar-refractivity contribution is 0.0931. The molecule has 1 aliphatic carbocycles. The molecule has 2 N–H and O–H groups in total. The van der Waals surface area contributed by atoms with Crippen LogP contribution in [0.3, 0.4) is 0 Å². The first-order chi connectivity index (χ1) is 12.9. The summed E-state index contributed by atoms with van der Waals surface area (Å²) < 4.78 is 32.5. The van der Waals surface area contributed by atoms with E-state index in [4.69, 9.17) is 4.74 Å². The molecule has 27 heavy (non-hydrogen) atoms. The molecule has 0 spiro atoms. The Morgan fingerprint density at radius 1 is 1.19 bits per heavy atom. The first-order valence-electron chi connectivity index (χ1n) is 8.84. The number of anilines is 1. The summed E-state index contributed by atoms with van der Waals surface area (Å²) in [6.45, 7) is 1.71. The summed E-state index contributed by atoms with van der Waals surface area (Å²) in [7, 11) is -2.27. The Labute approximate surface area is 163 Å². The third-order valence-electron chi connectivity index (χ3n) is 4.53. The van der Waals surface area contributed by atoms with Crippen LogP contribution in [0.2, 0.25) is 0 Å². The van der Waals surface area contributed by atoms with Gasteiger partial charge >= 0.3 is 0 Å². The van der Waals surface area contributed by atoms with Gasteiger partial charge in [0.1, 0.15) is 10.6 Å². The van der Waals surface area contributed by atoms with Crippen molar-refractivity contribution in [1.29, 1.82) is 0 Å². The lowest BCUT2D eigenvalue weighted by Gasteiger charge is -2.22. The third kappa shape index (κ3) is 4.78. The van der Waals surface area contributed by atoms with Gasteiger partial charge in [-0.05, 0) is 44.0 Å². The van der Waals surface area contributed by atoms with Crippen molar-refractivity contribution in [2.45, 2.75) is 50.0 Å². The molecule has 7 nitrogen and oxygen atoms in total. The molecule has 1 amide bonds. The number of aryl methyl sites for hydroxylation is 1. The molecule has 0 atom stereocenters. The number of aromatic nitrogens is 1. The minimum absolute atomic E-state index is 0.101. The van der Waals surface area contributed by atoms with Gasteiger partial charge < -0.3 is 10.1 Å². The van der Waals surface area contributed by atoms with E-state index in [0.29, 0.717) is 16.3 Å². The van der Waals surface area contributed by atoms with E-state index in [9.17, 15) is 13.2 Å². The zero-order valence-electron chi connectivity index (χ0n) is 15.3. The third-order valence-corrected chi connectivity index (χ3v) is 7.09. The lowest BCUT2D eigenvalue weighted by atomic mass is 9.95. The van der Waals surface area contributed by atoms with Crippen LogP contribution in [0.25, 0.3) is 0 Å². The number of ether oxygens (including phenoxy) is 1. The van der Waals surface area contributed by atoms with Crippen molar-refractivity contribution in [2.75, 3.05) is 11.8 Å². The minimum atomic E-state index is -3.78. The Morgan fingerprint density at radius 3 is 2.48 bits per heavy atom.